The number of rotatable bonds is 2. The highest BCUT2D eigenvalue weighted by Gasteiger charge is 2.24. The Kier molecular flexibility index (Phi) is 3.11. The van der Waals surface area contributed by atoms with Crippen LogP contribution in [0.4, 0.5) is 0 Å². The SMILES string of the molecule is Cc1ccc(C(=O)N[C@H]2CCCc3occc32)cc1. The average molecular weight is 255 g/mol. The summed E-state index contributed by atoms with van der Waals surface area (Å²) < 4.78 is 5.44. The van der Waals surface area contributed by atoms with Gasteiger partial charge < -0.3 is 9.73 Å². The molecular weight excluding hydrogens is 238 g/mol. The van der Waals surface area contributed by atoms with Crippen LogP contribution in [0, 0.1) is 6.92 Å². The summed E-state index contributed by atoms with van der Waals surface area (Å²) in [7, 11) is 0. The van der Waals surface area contributed by atoms with Crippen molar-refractivity contribution in [3.05, 3.63) is 59.0 Å². The molecule has 98 valence electrons. The molecule has 0 saturated carbocycles. The molecule has 1 aliphatic rings. The molecule has 3 heteroatoms. The predicted octanol–water partition coefficient (Wildman–Crippen LogP) is 3.40. The minimum atomic E-state index is -0.0148. The van der Waals surface area contributed by atoms with Crippen LogP contribution in [0.2, 0.25) is 0 Å². The third-order valence-corrected chi connectivity index (χ3v) is 3.67. The number of furan rings is 1. The van der Waals surface area contributed by atoms with Gasteiger partial charge in [0.15, 0.2) is 0 Å². The van der Waals surface area contributed by atoms with Gasteiger partial charge in [-0.25, -0.2) is 0 Å². The normalized spacial score (nSPS) is 17.8. The monoisotopic (exact) mass is 255 g/mol. The van der Waals surface area contributed by atoms with E-state index in [-0.39, 0.29) is 11.9 Å². The zero-order valence-electron chi connectivity index (χ0n) is 11.0. The third kappa shape index (κ3) is 2.41. The fraction of sp³-hybridized carbons (Fsp3) is 0.312. The molecule has 3 nitrogen and oxygen atoms in total. The smallest absolute Gasteiger partial charge is 0.251 e. The van der Waals surface area contributed by atoms with Gasteiger partial charge in [-0.3, -0.25) is 4.79 Å². The second-order valence-electron chi connectivity index (χ2n) is 5.08. The standard InChI is InChI=1S/C16H17NO2/c1-11-5-7-12(8-6-11)16(18)17-14-3-2-4-15-13(14)9-10-19-15/h5-10,14H,2-4H2,1H3,(H,17,18)/t14-/m0/s1. The second kappa shape index (κ2) is 4.92. The molecule has 3 rings (SSSR count). The maximum Gasteiger partial charge on any atom is 0.251 e. The van der Waals surface area contributed by atoms with Crippen molar-refractivity contribution >= 4 is 5.91 Å². The molecule has 0 unspecified atom stereocenters. The molecule has 0 fully saturated rings. The van der Waals surface area contributed by atoms with Crippen molar-refractivity contribution in [3.63, 3.8) is 0 Å². The fourth-order valence-electron chi connectivity index (χ4n) is 2.58. The molecule has 1 aromatic carbocycles. The Morgan fingerprint density at radius 1 is 1.26 bits per heavy atom. The molecule has 1 aromatic heterocycles. The summed E-state index contributed by atoms with van der Waals surface area (Å²) in [6, 6.07) is 9.69. The zero-order chi connectivity index (χ0) is 13.2. The van der Waals surface area contributed by atoms with E-state index in [1.807, 2.05) is 37.3 Å². The molecule has 1 aliphatic carbocycles. The van der Waals surface area contributed by atoms with Crippen molar-refractivity contribution in [3.8, 4) is 0 Å². The van der Waals surface area contributed by atoms with E-state index in [1.165, 1.54) is 0 Å². The number of carbonyl (C=O) groups excluding carboxylic acids is 1. The Balaban J connectivity index is 1.76. The van der Waals surface area contributed by atoms with Gasteiger partial charge >= 0.3 is 0 Å². The summed E-state index contributed by atoms with van der Waals surface area (Å²) in [5, 5.41) is 3.10. The lowest BCUT2D eigenvalue weighted by Gasteiger charge is -2.22. The summed E-state index contributed by atoms with van der Waals surface area (Å²) in [6.45, 7) is 2.01. The first-order valence-corrected chi connectivity index (χ1v) is 6.68. The van der Waals surface area contributed by atoms with Crippen LogP contribution in [0.5, 0.6) is 0 Å². The Hall–Kier alpha value is -2.03. The summed E-state index contributed by atoms with van der Waals surface area (Å²) in [5.74, 6) is 1.000. The lowest BCUT2D eigenvalue weighted by atomic mass is 9.93. The van der Waals surface area contributed by atoms with Crippen molar-refractivity contribution in [2.45, 2.75) is 32.2 Å². The van der Waals surface area contributed by atoms with Crippen molar-refractivity contribution in [2.75, 3.05) is 0 Å². The maximum absolute atomic E-state index is 12.2. The second-order valence-corrected chi connectivity index (χ2v) is 5.08. The molecule has 0 spiro atoms. The third-order valence-electron chi connectivity index (χ3n) is 3.67. The number of benzene rings is 1. The van der Waals surface area contributed by atoms with Crippen molar-refractivity contribution in [1.82, 2.24) is 5.32 Å². The van der Waals surface area contributed by atoms with Gasteiger partial charge in [-0.15, -0.1) is 0 Å². The molecule has 0 aliphatic heterocycles. The van der Waals surface area contributed by atoms with Gasteiger partial charge in [-0.1, -0.05) is 17.7 Å². The van der Waals surface area contributed by atoms with Gasteiger partial charge in [0.2, 0.25) is 0 Å². The van der Waals surface area contributed by atoms with E-state index in [0.717, 1.165) is 36.1 Å². The van der Waals surface area contributed by atoms with Gasteiger partial charge in [-0.05, 0) is 38.0 Å². The molecule has 1 N–H and O–H groups in total. The van der Waals surface area contributed by atoms with Gasteiger partial charge in [0, 0.05) is 17.5 Å². The molecule has 0 saturated heterocycles. The maximum atomic E-state index is 12.2. The lowest BCUT2D eigenvalue weighted by Crippen LogP contribution is -2.30. The Bertz CT molecular complexity index is 583. The van der Waals surface area contributed by atoms with Gasteiger partial charge in [0.1, 0.15) is 5.76 Å². The van der Waals surface area contributed by atoms with Crippen molar-refractivity contribution in [1.29, 1.82) is 0 Å². The first-order chi connectivity index (χ1) is 9.24. The first kappa shape index (κ1) is 12.0. The number of amides is 1. The number of nitrogens with one attached hydrogen (secondary N) is 1. The van der Waals surface area contributed by atoms with Crippen LogP contribution in [0.3, 0.4) is 0 Å². The molecule has 0 radical (unpaired) electrons. The molecule has 1 heterocycles. The van der Waals surface area contributed by atoms with Crippen LogP contribution in [0.1, 0.15) is 46.1 Å². The highest BCUT2D eigenvalue weighted by atomic mass is 16.3. The topological polar surface area (TPSA) is 42.2 Å². The van der Waals surface area contributed by atoms with Gasteiger partial charge in [0.25, 0.3) is 5.91 Å². The number of hydrogen-bond acceptors (Lipinski definition) is 2. The largest absolute Gasteiger partial charge is 0.469 e. The molecule has 2 aromatic rings. The highest BCUT2D eigenvalue weighted by Crippen LogP contribution is 2.30. The highest BCUT2D eigenvalue weighted by molar-refractivity contribution is 5.94. The minimum absolute atomic E-state index is 0.0148. The van der Waals surface area contributed by atoms with Gasteiger partial charge in [-0.2, -0.15) is 0 Å². The summed E-state index contributed by atoms with van der Waals surface area (Å²) in [6.07, 6.45) is 4.71. The Morgan fingerprint density at radius 3 is 2.84 bits per heavy atom. The number of aryl methyl sites for hydroxylation is 2. The fourth-order valence-corrected chi connectivity index (χ4v) is 2.58. The van der Waals surface area contributed by atoms with E-state index >= 15 is 0 Å². The Labute approximate surface area is 112 Å². The van der Waals surface area contributed by atoms with Crippen molar-refractivity contribution < 1.29 is 9.21 Å². The minimum Gasteiger partial charge on any atom is -0.469 e. The van der Waals surface area contributed by atoms with E-state index < -0.39 is 0 Å². The van der Waals surface area contributed by atoms with Crippen LogP contribution < -0.4 is 5.32 Å². The quantitative estimate of drug-likeness (QED) is 0.893. The van der Waals surface area contributed by atoms with Crippen LogP contribution in [-0.4, -0.2) is 5.91 Å². The molecule has 0 bridgehead atoms. The number of carbonyl (C=O) groups is 1. The first-order valence-electron chi connectivity index (χ1n) is 6.68. The van der Waals surface area contributed by atoms with E-state index in [1.54, 1.807) is 6.26 Å². The summed E-state index contributed by atoms with van der Waals surface area (Å²) >= 11 is 0. The molecular formula is C16H17NO2. The van der Waals surface area contributed by atoms with E-state index in [4.69, 9.17) is 4.42 Å². The molecule has 1 amide bonds. The van der Waals surface area contributed by atoms with Crippen molar-refractivity contribution in [2.24, 2.45) is 0 Å². The number of fused-ring (bicyclic) bond motifs is 1. The molecule has 19 heavy (non-hydrogen) atoms. The van der Waals surface area contributed by atoms with Crippen LogP contribution in [0.25, 0.3) is 0 Å². The molecule has 1 atom stereocenters. The lowest BCUT2D eigenvalue weighted by molar-refractivity contribution is 0.0932. The summed E-state index contributed by atoms with van der Waals surface area (Å²) in [4.78, 5) is 12.2. The predicted molar refractivity (Wildman–Crippen MR) is 73.0 cm³/mol. The zero-order valence-corrected chi connectivity index (χ0v) is 11.0. The van der Waals surface area contributed by atoms with Crippen LogP contribution >= 0.6 is 0 Å². The van der Waals surface area contributed by atoms with Crippen LogP contribution in [-0.2, 0) is 6.42 Å². The van der Waals surface area contributed by atoms with E-state index in [2.05, 4.69) is 5.32 Å². The van der Waals surface area contributed by atoms with E-state index in [0.29, 0.717) is 5.56 Å². The van der Waals surface area contributed by atoms with Gasteiger partial charge in [0.05, 0.1) is 12.3 Å². The van der Waals surface area contributed by atoms with Crippen LogP contribution in [0.15, 0.2) is 41.0 Å². The van der Waals surface area contributed by atoms with E-state index in [9.17, 15) is 4.79 Å². The Morgan fingerprint density at radius 2 is 2.05 bits per heavy atom. The summed E-state index contributed by atoms with van der Waals surface area (Å²) in [5.41, 5.74) is 3.00. The average Bonchev–Trinajstić information content (AvgIpc) is 2.89. The number of hydrogen-bond donors (Lipinski definition) is 1.